The van der Waals surface area contributed by atoms with Gasteiger partial charge in [0.05, 0.1) is 12.2 Å². The molecule has 84 valence electrons. The first kappa shape index (κ1) is 12.5. The van der Waals surface area contributed by atoms with Gasteiger partial charge in [-0.05, 0) is 25.5 Å². The normalized spacial score (nSPS) is 13.1. The molecule has 15 heavy (non-hydrogen) atoms. The Kier molecular flexibility index (Phi) is 5.09. The average Bonchev–Trinajstić information content (AvgIpc) is 2.17. The van der Waals surface area contributed by atoms with Crippen molar-refractivity contribution in [2.24, 2.45) is 0 Å². The van der Waals surface area contributed by atoms with Gasteiger partial charge in [0.25, 0.3) is 0 Å². The number of aliphatic hydroxyl groups excluding tert-OH is 1. The molecule has 1 unspecified atom stereocenters. The molecule has 3 heteroatoms. The van der Waals surface area contributed by atoms with Crippen LogP contribution in [0.1, 0.15) is 31.9 Å². The SMILES string of the molecule is CC(C)OCCC(O)c1ccccc1Cl. The molecule has 0 bridgehead atoms. The lowest BCUT2D eigenvalue weighted by atomic mass is 10.1. The third-order valence-corrected chi connectivity index (χ3v) is 2.45. The van der Waals surface area contributed by atoms with Crippen LogP contribution in [-0.2, 0) is 4.74 Å². The Labute approximate surface area is 95.8 Å². The quantitative estimate of drug-likeness (QED) is 0.839. The summed E-state index contributed by atoms with van der Waals surface area (Å²) in [4.78, 5) is 0. The maximum atomic E-state index is 9.85. The van der Waals surface area contributed by atoms with Gasteiger partial charge < -0.3 is 9.84 Å². The second-order valence-corrected chi connectivity index (χ2v) is 4.15. The van der Waals surface area contributed by atoms with Crippen LogP contribution in [0.4, 0.5) is 0 Å². The Morgan fingerprint density at radius 2 is 2.00 bits per heavy atom. The first-order valence-corrected chi connectivity index (χ1v) is 5.53. The van der Waals surface area contributed by atoms with Crippen LogP contribution in [0.25, 0.3) is 0 Å². The van der Waals surface area contributed by atoms with Gasteiger partial charge in [-0.15, -0.1) is 0 Å². The van der Waals surface area contributed by atoms with E-state index < -0.39 is 6.10 Å². The van der Waals surface area contributed by atoms with E-state index in [0.717, 1.165) is 5.56 Å². The van der Waals surface area contributed by atoms with Gasteiger partial charge in [-0.25, -0.2) is 0 Å². The molecule has 1 rings (SSSR count). The van der Waals surface area contributed by atoms with E-state index in [4.69, 9.17) is 16.3 Å². The van der Waals surface area contributed by atoms with E-state index >= 15 is 0 Å². The highest BCUT2D eigenvalue weighted by molar-refractivity contribution is 6.31. The summed E-state index contributed by atoms with van der Waals surface area (Å²) < 4.78 is 5.37. The van der Waals surface area contributed by atoms with Crippen LogP contribution in [0.15, 0.2) is 24.3 Å². The zero-order chi connectivity index (χ0) is 11.3. The lowest BCUT2D eigenvalue weighted by Gasteiger charge is -2.13. The maximum absolute atomic E-state index is 9.85. The highest BCUT2D eigenvalue weighted by Gasteiger charge is 2.10. The van der Waals surface area contributed by atoms with E-state index in [2.05, 4.69) is 0 Å². The maximum Gasteiger partial charge on any atom is 0.0826 e. The second-order valence-electron chi connectivity index (χ2n) is 3.75. The van der Waals surface area contributed by atoms with E-state index in [1.807, 2.05) is 32.0 Å². The molecule has 0 saturated heterocycles. The fourth-order valence-corrected chi connectivity index (χ4v) is 1.58. The van der Waals surface area contributed by atoms with Crippen molar-refractivity contribution in [1.29, 1.82) is 0 Å². The van der Waals surface area contributed by atoms with Crippen LogP contribution in [-0.4, -0.2) is 17.8 Å². The lowest BCUT2D eigenvalue weighted by Crippen LogP contribution is -2.08. The molecule has 0 saturated carbocycles. The molecule has 1 N–H and O–H groups in total. The smallest absolute Gasteiger partial charge is 0.0826 e. The molecule has 0 heterocycles. The molecule has 0 fully saturated rings. The zero-order valence-corrected chi connectivity index (χ0v) is 9.87. The summed E-state index contributed by atoms with van der Waals surface area (Å²) in [5.74, 6) is 0. The van der Waals surface area contributed by atoms with Crippen molar-refractivity contribution < 1.29 is 9.84 Å². The van der Waals surface area contributed by atoms with Crippen molar-refractivity contribution in [3.05, 3.63) is 34.9 Å². The van der Waals surface area contributed by atoms with Crippen molar-refractivity contribution in [2.75, 3.05) is 6.61 Å². The fourth-order valence-electron chi connectivity index (χ4n) is 1.32. The van der Waals surface area contributed by atoms with E-state index in [9.17, 15) is 5.11 Å². The Morgan fingerprint density at radius 3 is 2.60 bits per heavy atom. The predicted molar refractivity (Wildman–Crippen MR) is 62.1 cm³/mol. The van der Waals surface area contributed by atoms with Crippen LogP contribution in [0.5, 0.6) is 0 Å². The number of hydrogen-bond acceptors (Lipinski definition) is 2. The van der Waals surface area contributed by atoms with Gasteiger partial charge in [0.15, 0.2) is 0 Å². The van der Waals surface area contributed by atoms with Crippen LogP contribution < -0.4 is 0 Å². The summed E-state index contributed by atoms with van der Waals surface area (Å²) in [6.07, 6.45) is 0.225. The van der Waals surface area contributed by atoms with Gasteiger partial charge in [0.1, 0.15) is 0 Å². The van der Waals surface area contributed by atoms with E-state index in [1.165, 1.54) is 0 Å². The monoisotopic (exact) mass is 228 g/mol. The number of halogens is 1. The molecular weight excluding hydrogens is 212 g/mol. The molecule has 0 aliphatic heterocycles. The molecule has 0 radical (unpaired) electrons. The summed E-state index contributed by atoms with van der Waals surface area (Å²) in [5.41, 5.74) is 0.770. The van der Waals surface area contributed by atoms with Crippen molar-refractivity contribution in [3.8, 4) is 0 Å². The number of ether oxygens (including phenoxy) is 1. The van der Waals surface area contributed by atoms with Gasteiger partial charge >= 0.3 is 0 Å². The lowest BCUT2D eigenvalue weighted by molar-refractivity contribution is 0.0466. The molecule has 0 aliphatic rings. The largest absolute Gasteiger partial charge is 0.388 e. The zero-order valence-electron chi connectivity index (χ0n) is 9.11. The third-order valence-electron chi connectivity index (χ3n) is 2.11. The van der Waals surface area contributed by atoms with Crippen LogP contribution in [0.3, 0.4) is 0 Å². The molecule has 0 aliphatic carbocycles. The van der Waals surface area contributed by atoms with Crippen LogP contribution >= 0.6 is 11.6 Å². The van der Waals surface area contributed by atoms with Gasteiger partial charge in [0.2, 0.25) is 0 Å². The number of rotatable bonds is 5. The van der Waals surface area contributed by atoms with E-state index in [1.54, 1.807) is 6.07 Å². The third kappa shape index (κ3) is 4.20. The van der Waals surface area contributed by atoms with Gasteiger partial charge in [-0.3, -0.25) is 0 Å². The minimum Gasteiger partial charge on any atom is -0.388 e. The molecule has 1 aromatic rings. The first-order chi connectivity index (χ1) is 7.11. The predicted octanol–water partition coefficient (Wildman–Crippen LogP) is 3.19. The highest BCUT2D eigenvalue weighted by Crippen LogP contribution is 2.24. The van der Waals surface area contributed by atoms with Crippen LogP contribution in [0.2, 0.25) is 5.02 Å². The number of benzene rings is 1. The molecule has 0 amide bonds. The molecular formula is C12H17ClO2. The van der Waals surface area contributed by atoms with Gasteiger partial charge in [-0.2, -0.15) is 0 Å². The van der Waals surface area contributed by atoms with Crippen molar-refractivity contribution >= 4 is 11.6 Å². The summed E-state index contributed by atoms with van der Waals surface area (Å²) >= 11 is 5.96. The fraction of sp³-hybridized carbons (Fsp3) is 0.500. The average molecular weight is 229 g/mol. The number of aliphatic hydroxyl groups is 1. The minimum absolute atomic E-state index is 0.198. The summed E-state index contributed by atoms with van der Waals surface area (Å²) in [6, 6.07) is 7.34. The molecule has 0 aromatic heterocycles. The Morgan fingerprint density at radius 1 is 1.33 bits per heavy atom. The highest BCUT2D eigenvalue weighted by atomic mass is 35.5. The van der Waals surface area contributed by atoms with E-state index in [0.29, 0.717) is 18.1 Å². The molecule has 1 aromatic carbocycles. The summed E-state index contributed by atoms with van der Waals surface area (Å²) in [6.45, 7) is 4.49. The summed E-state index contributed by atoms with van der Waals surface area (Å²) in [7, 11) is 0. The first-order valence-electron chi connectivity index (χ1n) is 5.15. The Hall–Kier alpha value is -0.570. The van der Waals surface area contributed by atoms with Crippen molar-refractivity contribution in [3.63, 3.8) is 0 Å². The number of hydrogen-bond donors (Lipinski definition) is 1. The van der Waals surface area contributed by atoms with Crippen molar-refractivity contribution in [1.82, 2.24) is 0 Å². The summed E-state index contributed by atoms with van der Waals surface area (Å²) in [5, 5.41) is 10.5. The van der Waals surface area contributed by atoms with E-state index in [-0.39, 0.29) is 6.10 Å². The van der Waals surface area contributed by atoms with Gasteiger partial charge in [-0.1, -0.05) is 29.8 Å². The topological polar surface area (TPSA) is 29.5 Å². The molecule has 2 nitrogen and oxygen atoms in total. The second kappa shape index (κ2) is 6.11. The Bertz CT molecular complexity index is 299. The standard InChI is InChI=1S/C12H17ClO2/c1-9(2)15-8-7-12(14)10-5-3-4-6-11(10)13/h3-6,9,12,14H,7-8H2,1-2H3. The van der Waals surface area contributed by atoms with Gasteiger partial charge in [0, 0.05) is 18.1 Å². The molecule has 1 atom stereocenters. The minimum atomic E-state index is -0.544. The van der Waals surface area contributed by atoms with Crippen molar-refractivity contribution in [2.45, 2.75) is 32.5 Å². The molecule has 0 spiro atoms. The Balaban J connectivity index is 2.47. The van der Waals surface area contributed by atoms with Crippen LogP contribution in [0, 0.1) is 0 Å².